The average molecular weight is 293 g/mol. The molecule has 1 rings (SSSR count). The molecular weight excluding hydrogens is 282 g/mol. The lowest BCUT2D eigenvalue weighted by Gasteiger charge is -2.10. The molecule has 0 aliphatic rings. The highest BCUT2D eigenvalue weighted by molar-refractivity contribution is 7.91. The number of hydrogen-bond acceptors (Lipinski definition) is 6. The Hall–Kier alpha value is -1.45. The van der Waals surface area contributed by atoms with Crippen LogP contribution in [-0.4, -0.2) is 38.6 Å². The average Bonchev–Trinajstić information content (AvgIpc) is 2.77. The molecule has 0 saturated carbocycles. The lowest BCUT2D eigenvalue weighted by molar-refractivity contribution is -0.142. The number of esters is 1. The maximum atomic E-state index is 11.8. The molecule has 2 N–H and O–H groups in total. The van der Waals surface area contributed by atoms with Crippen molar-refractivity contribution in [2.75, 3.05) is 7.11 Å². The first-order valence-corrected chi connectivity index (χ1v) is 7.06. The first-order valence-electron chi connectivity index (χ1n) is 4.70. The largest absolute Gasteiger partial charge is 0.478 e. The number of methoxy groups -OCH3 is 1. The SMILES string of the molecule is COC(=O)C(C)NS(=O)(=O)c1cc(C(=O)O)cs1. The number of ether oxygens (including phenoxy) is 1. The van der Waals surface area contributed by atoms with Gasteiger partial charge in [0.05, 0.1) is 12.7 Å². The van der Waals surface area contributed by atoms with Crippen LogP contribution in [0.4, 0.5) is 0 Å². The molecule has 0 aliphatic carbocycles. The molecule has 0 amide bonds. The zero-order chi connectivity index (χ0) is 13.9. The lowest BCUT2D eigenvalue weighted by atomic mass is 10.4. The van der Waals surface area contributed by atoms with Gasteiger partial charge in [-0.15, -0.1) is 11.3 Å². The Balaban J connectivity index is 2.92. The summed E-state index contributed by atoms with van der Waals surface area (Å²) in [6, 6.07) is -0.0188. The summed E-state index contributed by atoms with van der Waals surface area (Å²) in [6.45, 7) is 1.33. The summed E-state index contributed by atoms with van der Waals surface area (Å²) >= 11 is 0.763. The third kappa shape index (κ3) is 3.28. The van der Waals surface area contributed by atoms with Crippen molar-refractivity contribution in [3.63, 3.8) is 0 Å². The Morgan fingerprint density at radius 3 is 2.56 bits per heavy atom. The highest BCUT2D eigenvalue weighted by Crippen LogP contribution is 2.20. The minimum absolute atomic E-state index is 0.119. The van der Waals surface area contributed by atoms with Crippen LogP contribution in [0.3, 0.4) is 0 Å². The van der Waals surface area contributed by atoms with Gasteiger partial charge in [-0.1, -0.05) is 0 Å². The smallest absolute Gasteiger partial charge is 0.336 e. The highest BCUT2D eigenvalue weighted by Gasteiger charge is 2.24. The van der Waals surface area contributed by atoms with E-state index >= 15 is 0 Å². The van der Waals surface area contributed by atoms with Gasteiger partial charge >= 0.3 is 11.9 Å². The van der Waals surface area contributed by atoms with E-state index in [0.717, 1.165) is 24.5 Å². The summed E-state index contributed by atoms with van der Waals surface area (Å²) in [6.07, 6.45) is 0. The van der Waals surface area contributed by atoms with Gasteiger partial charge in [-0.2, -0.15) is 4.72 Å². The van der Waals surface area contributed by atoms with Gasteiger partial charge in [0.2, 0.25) is 0 Å². The number of carbonyl (C=O) groups excluding carboxylic acids is 1. The van der Waals surface area contributed by atoms with Crippen LogP contribution >= 0.6 is 11.3 Å². The second-order valence-electron chi connectivity index (χ2n) is 3.33. The number of sulfonamides is 1. The summed E-state index contributed by atoms with van der Waals surface area (Å²) in [5.74, 6) is -1.94. The second-order valence-corrected chi connectivity index (χ2v) is 6.18. The molecule has 1 heterocycles. The predicted octanol–water partition coefficient (Wildman–Crippen LogP) is 0.286. The molecule has 0 fully saturated rings. The number of carboxylic acids is 1. The maximum Gasteiger partial charge on any atom is 0.336 e. The Morgan fingerprint density at radius 1 is 1.50 bits per heavy atom. The summed E-state index contributed by atoms with van der Waals surface area (Å²) < 4.78 is 29.9. The van der Waals surface area contributed by atoms with E-state index in [-0.39, 0.29) is 9.77 Å². The number of aromatic carboxylic acids is 1. The fourth-order valence-corrected chi connectivity index (χ4v) is 3.45. The number of rotatable bonds is 5. The molecule has 0 aliphatic heterocycles. The predicted molar refractivity (Wildman–Crippen MR) is 63.1 cm³/mol. The molecule has 9 heteroatoms. The minimum Gasteiger partial charge on any atom is -0.478 e. The van der Waals surface area contributed by atoms with Gasteiger partial charge in [0.1, 0.15) is 10.3 Å². The molecular formula is C9H11NO6S2. The topological polar surface area (TPSA) is 110 Å². The molecule has 100 valence electrons. The van der Waals surface area contributed by atoms with Gasteiger partial charge in [0.25, 0.3) is 10.0 Å². The van der Waals surface area contributed by atoms with Crippen LogP contribution in [0.5, 0.6) is 0 Å². The van der Waals surface area contributed by atoms with E-state index in [1.807, 2.05) is 0 Å². The molecule has 0 bridgehead atoms. The number of hydrogen-bond donors (Lipinski definition) is 2. The quantitative estimate of drug-likeness (QED) is 0.755. The molecule has 1 aromatic rings. The van der Waals surface area contributed by atoms with Gasteiger partial charge < -0.3 is 9.84 Å². The van der Waals surface area contributed by atoms with Crippen molar-refractivity contribution in [3.8, 4) is 0 Å². The van der Waals surface area contributed by atoms with Gasteiger partial charge in [-0.3, -0.25) is 4.79 Å². The van der Waals surface area contributed by atoms with E-state index < -0.39 is 28.0 Å². The van der Waals surface area contributed by atoms with Gasteiger partial charge in [-0.05, 0) is 13.0 Å². The van der Waals surface area contributed by atoms with E-state index in [1.165, 1.54) is 12.3 Å². The maximum absolute atomic E-state index is 11.8. The van der Waals surface area contributed by atoms with Crippen LogP contribution in [0.2, 0.25) is 0 Å². The lowest BCUT2D eigenvalue weighted by Crippen LogP contribution is -2.38. The molecule has 7 nitrogen and oxygen atoms in total. The first-order chi connectivity index (χ1) is 8.27. The van der Waals surface area contributed by atoms with Crippen LogP contribution in [0.25, 0.3) is 0 Å². The Morgan fingerprint density at radius 2 is 2.11 bits per heavy atom. The molecule has 1 unspecified atom stereocenters. The highest BCUT2D eigenvalue weighted by atomic mass is 32.2. The van der Waals surface area contributed by atoms with Crippen LogP contribution in [0.15, 0.2) is 15.7 Å². The second kappa shape index (κ2) is 5.46. The Labute approximate surface area is 107 Å². The van der Waals surface area contributed by atoms with E-state index in [2.05, 4.69) is 9.46 Å². The van der Waals surface area contributed by atoms with Crippen LogP contribution in [-0.2, 0) is 19.6 Å². The van der Waals surface area contributed by atoms with Crippen molar-refractivity contribution in [1.29, 1.82) is 0 Å². The van der Waals surface area contributed by atoms with Crippen molar-refractivity contribution in [1.82, 2.24) is 4.72 Å². The van der Waals surface area contributed by atoms with Gasteiger partial charge in [0.15, 0.2) is 0 Å². The molecule has 1 atom stereocenters. The Kier molecular flexibility index (Phi) is 4.43. The van der Waals surface area contributed by atoms with Crippen LogP contribution < -0.4 is 4.72 Å². The number of carboxylic acid groups (broad SMARTS) is 1. The summed E-state index contributed by atoms with van der Waals surface area (Å²) in [5.41, 5.74) is -0.119. The third-order valence-corrected chi connectivity index (χ3v) is 4.95. The molecule has 0 aromatic carbocycles. The molecule has 0 saturated heterocycles. The van der Waals surface area contributed by atoms with Crippen molar-refractivity contribution < 1.29 is 27.9 Å². The van der Waals surface area contributed by atoms with E-state index in [1.54, 1.807) is 0 Å². The van der Waals surface area contributed by atoms with Crippen molar-refractivity contribution in [3.05, 3.63) is 17.0 Å². The van der Waals surface area contributed by atoms with E-state index in [9.17, 15) is 18.0 Å². The van der Waals surface area contributed by atoms with Gasteiger partial charge in [-0.25, -0.2) is 13.2 Å². The first kappa shape index (κ1) is 14.6. The normalized spacial score (nSPS) is 13.0. The van der Waals surface area contributed by atoms with Crippen molar-refractivity contribution in [2.24, 2.45) is 0 Å². The summed E-state index contributed by atoms with van der Waals surface area (Å²) in [5, 5.41) is 9.90. The molecule has 0 radical (unpaired) electrons. The van der Waals surface area contributed by atoms with E-state index in [0.29, 0.717) is 0 Å². The summed E-state index contributed by atoms with van der Waals surface area (Å²) in [7, 11) is -2.78. The molecule has 0 spiro atoms. The third-order valence-electron chi connectivity index (χ3n) is 1.97. The molecule has 1 aromatic heterocycles. The van der Waals surface area contributed by atoms with Crippen molar-refractivity contribution >= 4 is 33.3 Å². The van der Waals surface area contributed by atoms with Gasteiger partial charge in [0, 0.05) is 5.38 Å². The van der Waals surface area contributed by atoms with Crippen LogP contribution in [0, 0.1) is 0 Å². The van der Waals surface area contributed by atoms with Crippen LogP contribution in [0.1, 0.15) is 17.3 Å². The zero-order valence-corrected chi connectivity index (χ0v) is 11.2. The minimum atomic E-state index is -3.92. The number of nitrogens with one attached hydrogen (secondary N) is 1. The Bertz CT molecular complexity index is 561. The number of carbonyl (C=O) groups is 2. The zero-order valence-electron chi connectivity index (χ0n) is 9.54. The summed E-state index contributed by atoms with van der Waals surface area (Å²) in [4.78, 5) is 21.7. The monoisotopic (exact) mass is 293 g/mol. The van der Waals surface area contributed by atoms with E-state index in [4.69, 9.17) is 5.11 Å². The fourth-order valence-electron chi connectivity index (χ4n) is 1.09. The molecule has 18 heavy (non-hydrogen) atoms. The van der Waals surface area contributed by atoms with Crippen molar-refractivity contribution in [2.45, 2.75) is 17.2 Å². The standard InChI is InChI=1S/C9H11NO6S2/c1-5(9(13)16-2)10-18(14,15)7-3-6(4-17-7)8(11)12/h3-5,10H,1-2H3,(H,11,12). The fraction of sp³-hybridized carbons (Fsp3) is 0.333. The number of thiophene rings is 1.